The summed E-state index contributed by atoms with van der Waals surface area (Å²) < 4.78 is 24.9. The number of nitrogens with zero attached hydrogens (tertiary/aromatic N) is 1. The summed E-state index contributed by atoms with van der Waals surface area (Å²) in [5.74, 6) is -0.398. The summed E-state index contributed by atoms with van der Waals surface area (Å²) in [5, 5.41) is 0. The third-order valence-corrected chi connectivity index (χ3v) is 3.80. The average Bonchev–Trinajstić information content (AvgIpc) is 2.41. The molecule has 0 aromatic carbocycles. The number of phosphoric acid groups is 1. The minimum Gasteiger partial charge on any atom is -0.463 e. The van der Waals surface area contributed by atoms with E-state index >= 15 is 0 Å². The van der Waals surface area contributed by atoms with E-state index in [9.17, 15) is 9.36 Å². The standard InChI is InChI=1S/C12H24NO7P/c1-12(2,3-4-13-5-7-18-8-6-13)11(14)19-9-10-20-21(15,16)17/h3-10H2,1-2H3,(H2,15,16,17). The molecule has 2 N–H and O–H groups in total. The molecule has 9 heteroatoms. The lowest BCUT2D eigenvalue weighted by Gasteiger charge is -2.30. The maximum absolute atomic E-state index is 11.9. The second-order valence-corrected chi connectivity index (χ2v) is 6.79. The van der Waals surface area contributed by atoms with Crippen molar-refractivity contribution in [2.75, 3.05) is 46.1 Å². The van der Waals surface area contributed by atoms with E-state index in [1.807, 2.05) is 0 Å². The van der Waals surface area contributed by atoms with Gasteiger partial charge in [-0.2, -0.15) is 0 Å². The molecule has 0 spiro atoms. The maximum atomic E-state index is 11.9. The highest BCUT2D eigenvalue weighted by Crippen LogP contribution is 2.35. The van der Waals surface area contributed by atoms with Crippen LogP contribution in [0.2, 0.25) is 0 Å². The molecule has 1 saturated heterocycles. The van der Waals surface area contributed by atoms with Crippen molar-refractivity contribution in [1.29, 1.82) is 0 Å². The molecule has 0 aliphatic carbocycles. The van der Waals surface area contributed by atoms with Crippen molar-refractivity contribution < 1.29 is 33.1 Å². The summed E-state index contributed by atoms with van der Waals surface area (Å²) in [6.45, 7) is 7.02. The van der Waals surface area contributed by atoms with Gasteiger partial charge in [-0.15, -0.1) is 0 Å². The van der Waals surface area contributed by atoms with Gasteiger partial charge in [0.2, 0.25) is 0 Å². The van der Waals surface area contributed by atoms with Gasteiger partial charge in [-0.25, -0.2) is 4.57 Å². The van der Waals surface area contributed by atoms with Crippen molar-refractivity contribution in [1.82, 2.24) is 4.90 Å². The molecule has 1 heterocycles. The Morgan fingerprint density at radius 1 is 1.29 bits per heavy atom. The Morgan fingerprint density at radius 3 is 2.48 bits per heavy atom. The number of hydrogen-bond donors (Lipinski definition) is 2. The highest BCUT2D eigenvalue weighted by molar-refractivity contribution is 7.46. The van der Waals surface area contributed by atoms with E-state index in [-0.39, 0.29) is 13.2 Å². The third kappa shape index (κ3) is 7.90. The van der Waals surface area contributed by atoms with Crippen LogP contribution in [-0.2, 0) is 23.4 Å². The normalized spacial score (nSPS) is 17.7. The fraction of sp³-hybridized carbons (Fsp3) is 0.917. The molecule has 0 amide bonds. The van der Waals surface area contributed by atoms with Crippen LogP contribution in [0.15, 0.2) is 0 Å². The van der Waals surface area contributed by atoms with Gasteiger partial charge in [0.1, 0.15) is 6.61 Å². The van der Waals surface area contributed by atoms with E-state index in [1.54, 1.807) is 13.8 Å². The quantitative estimate of drug-likeness (QED) is 0.375. The highest BCUT2D eigenvalue weighted by Gasteiger charge is 2.30. The summed E-state index contributed by atoms with van der Waals surface area (Å²) in [6.07, 6.45) is 0.644. The van der Waals surface area contributed by atoms with E-state index in [4.69, 9.17) is 19.3 Å². The number of rotatable bonds is 8. The van der Waals surface area contributed by atoms with Crippen molar-refractivity contribution in [3.8, 4) is 0 Å². The fourth-order valence-corrected chi connectivity index (χ4v) is 2.16. The van der Waals surface area contributed by atoms with Gasteiger partial charge in [-0.3, -0.25) is 14.2 Å². The summed E-state index contributed by atoms with van der Waals surface area (Å²) in [5.41, 5.74) is -0.652. The van der Waals surface area contributed by atoms with Crippen molar-refractivity contribution in [3.63, 3.8) is 0 Å². The van der Waals surface area contributed by atoms with E-state index in [1.165, 1.54) is 0 Å². The lowest BCUT2D eigenvalue weighted by molar-refractivity contribution is -0.155. The molecule has 0 bridgehead atoms. The van der Waals surface area contributed by atoms with Crippen LogP contribution < -0.4 is 0 Å². The summed E-state index contributed by atoms with van der Waals surface area (Å²) in [4.78, 5) is 31.2. The second kappa shape index (κ2) is 8.22. The van der Waals surface area contributed by atoms with Crippen LogP contribution in [-0.4, -0.2) is 66.7 Å². The molecule has 0 saturated carbocycles. The second-order valence-electron chi connectivity index (χ2n) is 5.55. The molecule has 0 atom stereocenters. The number of carbonyl (C=O) groups excluding carboxylic acids is 1. The lowest BCUT2D eigenvalue weighted by atomic mass is 9.89. The van der Waals surface area contributed by atoms with Crippen LogP contribution >= 0.6 is 7.82 Å². The highest BCUT2D eigenvalue weighted by atomic mass is 31.2. The molecular formula is C12H24NO7P. The van der Waals surface area contributed by atoms with E-state index < -0.39 is 19.2 Å². The molecule has 124 valence electrons. The molecule has 1 aliphatic rings. The zero-order chi connectivity index (χ0) is 15.9. The van der Waals surface area contributed by atoms with Gasteiger partial charge < -0.3 is 19.3 Å². The Bertz CT molecular complexity index is 376. The van der Waals surface area contributed by atoms with Crippen LogP contribution in [0.5, 0.6) is 0 Å². The first-order valence-electron chi connectivity index (χ1n) is 6.88. The molecule has 0 aromatic heterocycles. The van der Waals surface area contributed by atoms with Crippen LogP contribution in [0.1, 0.15) is 20.3 Å². The molecule has 8 nitrogen and oxygen atoms in total. The number of carbonyl (C=O) groups is 1. The molecule has 0 aromatic rings. The smallest absolute Gasteiger partial charge is 0.463 e. The first-order valence-corrected chi connectivity index (χ1v) is 8.41. The number of esters is 1. The van der Waals surface area contributed by atoms with Gasteiger partial charge in [0, 0.05) is 13.1 Å². The van der Waals surface area contributed by atoms with Crippen molar-refractivity contribution in [2.45, 2.75) is 20.3 Å². The Balaban J connectivity index is 2.25. The topological polar surface area (TPSA) is 106 Å². The van der Waals surface area contributed by atoms with Gasteiger partial charge in [0.05, 0.1) is 25.2 Å². The number of hydrogen-bond acceptors (Lipinski definition) is 6. The Kier molecular flexibility index (Phi) is 7.26. The number of morpholine rings is 1. The van der Waals surface area contributed by atoms with Gasteiger partial charge >= 0.3 is 13.8 Å². The fourth-order valence-electron chi connectivity index (χ4n) is 1.85. The molecule has 0 radical (unpaired) electrons. The molecule has 1 fully saturated rings. The van der Waals surface area contributed by atoms with Crippen LogP contribution in [0.3, 0.4) is 0 Å². The molecular weight excluding hydrogens is 301 g/mol. The van der Waals surface area contributed by atoms with E-state index in [0.717, 1.165) is 19.6 Å². The summed E-state index contributed by atoms with van der Waals surface area (Å²) in [7, 11) is -4.51. The van der Waals surface area contributed by atoms with Crippen LogP contribution in [0.4, 0.5) is 0 Å². The van der Waals surface area contributed by atoms with Gasteiger partial charge in [-0.1, -0.05) is 0 Å². The van der Waals surface area contributed by atoms with Crippen molar-refractivity contribution >= 4 is 13.8 Å². The van der Waals surface area contributed by atoms with Crippen molar-refractivity contribution in [2.24, 2.45) is 5.41 Å². The number of phosphoric ester groups is 1. The molecule has 1 aliphatic heterocycles. The Labute approximate surface area is 124 Å². The summed E-state index contributed by atoms with van der Waals surface area (Å²) in [6, 6.07) is 0. The molecule has 0 unspecified atom stereocenters. The minimum absolute atomic E-state index is 0.176. The Hall–Kier alpha value is -0.500. The zero-order valence-corrected chi connectivity index (χ0v) is 13.4. The third-order valence-electron chi connectivity index (χ3n) is 3.29. The monoisotopic (exact) mass is 325 g/mol. The van der Waals surface area contributed by atoms with Crippen LogP contribution in [0.25, 0.3) is 0 Å². The summed E-state index contributed by atoms with van der Waals surface area (Å²) >= 11 is 0. The van der Waals surface area contributed by atoms with E-state index in [2.05, 4.69) is 9.42 Å². The largest absolute Gasteiger partial charge is 0.469 e. The average molecular weight is 325 g/mol. The first-order chi connectivity index (χ1) is 9.71. The SMILES string of the molecule is CC(C)(CCN1CCOCC1)C(=O)OCCOP(=O)(O)O. The molecule has 1 rings (SSSR count). The van der Waals surface area contributed by atoms with E-state index in [0.29, 0.717) is 19.6 Å². The van der Waals surface area contributed by atoms with Gasteiger partial charge in [-0.05, 0) is 26.8 Å². The van der Waals surface area contributed by atoms with Crippen LogP contribution in [0, 0.1) is 5.41 Å². The minimum atomic E-state index is -4.51. The molecule has 21 heavy (non-hydrogen) atoms. The number of ether oxygens (including phenoxy) is 2. The van der Waals surface area contributed by atoms with Gasteiger partial charge in [0.15, 0.2) is 0 Å². The first kappa shape index (κ1) is 18.5. The predicted molar refractivity (Wildman–Crippen MR) is 74.6 cm³/mol. The lowest BCUT2D eigenvalue weighted by Crippen LogP contribution is -2.39. The predicted octanol–water partition coefficient (Wildman–Crippen LogP) is 0.387. The zero-order valence-electron chi connectivity index (χ0n) is 12.5. The Morgan fingerprint density at radius 2 is 1.90 bits per heavy atom. The van der Waals surface area contributed by atoms with Gasteiger partial charge in [0.25, 0.3) is 0 Å². The van der Waals surface area contributed by atoms with Crippen molar-refractivity contribution in [3.05, 3.63) is 0 Å². The maximum Gasteiger partial charge on any atom is 0.469 e.